The van der Waals surface area contributed by atoms with Gasteiger partial charge in [-0.3, -0.25) is 19.3 Å². The van der Waals surface area contributed by atoms with Gasteiger partial charge in [-0.15, -0.1) is 0 Å². The Morgan fingerprint density at radius 1 is 1.11 bits per heavy atom. The lowest BCUT2D eigenvalue weighted by Crippen LogP contribution is -2.70. The highest BCUT2D eigenvalue weighted by atomic mass is 31.2. The van der Waals surface area contributed by atoms with E-state index in [2.05, 4.69) is 0 Å². The maximum Gasteiger partial charge on any atom is 0.466 e. The number of rotatable bonds is 2. The van der Waals surface area contributed by atoms with Crippen molar-refractivity contribution in [1.29, 1.82) is 0 Å². The molecule has 1 saturated carbocycles. The number of hydrogen-bond acceptors (Lipinski definition) is 10. The highest BCUT2D eigenvalue weighted by Gasteiger charge is 2.68. The topological polar surface area (TPSA) is 259 Å². The van der Waals surface area contributed by atoms with Crippen molar-refractivity contribution >= 4 is 31.1 Å². The first-order chi connectivity index (χ1) is 16.9. The second kappa shape index (κ2) is 9.33. The zero-order chi connectivity index (χ0) is 28.4. The fraction of sp³-hybridized carbons (Fsp3) is 0.409. The Balaban J connectivity index is 0.000000695. The number of nitrogens with two attached hydrogens (primary N) is 1. The molecular formula is C22H27N2O12P. The summed E-state index contributed by atoms with van der Waals surface area (Å²) in [6.45, 7) is 1.68. The molecule has 14 nitrogen and oxygen atoms in total. The van der Waals surface area contributed by atoms with Gasteiger partial charge in [0.1, 0.15) is 22.8 Å². The molecule has 1 aromatic carbocycles. The van der Waals surface area contributed by atoms with Gasteiger partial charge in [0.05, 0.1) is 23.6 Å². The maximum atomic E-state index is 13.7. The lowest BCUT2D eigenvalue weighted by Gasteiger charge is -2.53. The van der Waals surface area contributed by atoms with Crippen LogP contribution in [0.5, 0.6) is 5.75 Å². The summed E-state index contributed by atoms with van der Waals surface area (Å²) >= 11 is 0. The number of carbonyl (C=O) groups is 3. The van der Waals surface area contributed by atoms with E-state index in [-0.39, 0.29) is 11.3 Å². The number of phenols is 1. The molecular weight excluding hydrogens is 515 g/mol. The summed E-state index contributed by atoms with van der Waals surface area (Å²) in [6.07, 6.45) is -1.59. The van der Waals surface area contributed by atoms with Crippen molar-refractivity contribution in [2.24, 2.45) is 17.6 Å². The van der Waals surface area contributed by atoms with Crippen molar-refractivity contribution < 1.29 is 59.2 Å². The Hall–Kier alpha value is -3.10. The number of amides is 1. The number of aromatic hydroxyl groups is 1. The number of aliphatic hydroxyl groups excluding tert-OH is 3. The summed E-state index contributed by atoms with van der Waals surface area (Å²) in [4.78, 5) is 61.5. The van der Waals surface area contributed by atoms with Crippen LogP contribution in [0.15, 0.2) is 35.1 Å². The van der Waals surface area contributed by atoms with Crippen molar-refractivity contribution in [3.63, 3.8) is 0 Å². The predicted molar refractivity (Wildman–Crippen MR) is 125 cm³/mol. The Kier molecular flexibility index (Phi) is 7.18. The molecule has 0 spiro atoms. The van der Waals surface area contributed by atoms with E-state index in [4.69, 9.17) is 25.0 Å². The number of likely N-dealkylation sites (N-methyl/N-ethyl adjacent to an activating group) is 1. The zero-order valence-electron chi connectivity index (χ0n) is 19.8. The minimum absolute atomic E-state index is 0.0245. The predicted octanol–water partition coefficient (Wildman–Crippen LogP) is -1.43. The van der Waals surface area contributed by atoms with Crippen LogP contribution in [0.4, 0.5) is 0 Å². The van der Waals surface area contributed by atoms with Crippen LogP contribution >= 0.6 is 7.82 Å². The Morgan fingerprint density at radius 3 is 2.14 bits per heavy atom. The van der Waals surface area contributed by atoms with E-state index in [0.29, 0.717) is 5.56 Å². The van der Waals surface area contributed by atoms with Crippen molar-refractivity contribution in [2.45, 2.75) is 30.6 Å². The van der Waals surface area contributed by atoms with Crippen molar-refractivity contribution in [1.82, 2.24) is 4.90 Å². The number of hydrogen-bond donors (Lipinski definition) is 9. The van der Waals surface area contributed by atoms with Gasteiger partial charge in [0.15, 0.2) is 11.4 Å². The first kappa shape index (κ1) is 28.5. The van der Waals surface area contributed by atoms with Crippen molar-refractivity contribution in [3.05, 3.63) is 46.2 Å². The van der Waals surface area contributed by atoms with Gasteiger partial charge in [-0.1, -0.05) is 19.1 Å². The molecule has 1 fully saturated rings. The van der Waals surface area contributed by atoms with E-state index in [0.717, 1.165) is 0 Å². The fourth-order valence-corrected chi connectivity index (χ4v) is 5.58. The molecule has 0 bridgehead atoms. The van der Waals surface area contributed by atoms with Gasteiger partial charge >= 0.3 is 7.82 Å². The van der Waals surface area contributed by atoms with Crippen LogP contribution in [0.3, 0.4) is 0 Å². The van der Waals surface area contributed by atoms with Crippen LogP contribution in [0.1, 0.15) is 24.0 Å². The number of fused-ring (bicyclic) bond motifs is 3. The largest absolute Gasteiger partial charge is 0.508 e. The van der Waals surface area contributed by atoms with Gasteiger partial charge in [-0.2, -0.15) is 0 Å². The molecule has 1 amide bonds. The Morgan fingerprint density at radius 2 is 1.65 bits per heavy atom. The van der Waals surface area contributed by atoms with Crippen LogP contribution < -0.4 is 5.73 Å². The summed E-state index contributed by atoms with van der Waals surface area (Å²) in [7, 11) is -1.72. The van der Waals surface area contributed by atoms with E-state index in [1.165, 1.54) is 25.1 Å². The Labute approximate surface area is 209 Å². The highest BCUT2D eigenvalue weighted by molar-refractivity contribution is 7.45. The average Bonchev–Trinajstić information content (AvgIpc) is 2.74. The van der Waals surface area contributed by atoms with E-state index in [1.807, 2.05) is 0 Å². The van der Waals surface area contributed by atoms with Gasteiger partial charge in [0.2, 0.25) is 5.78 Å². The number of Topliss-reactive ketones (excluding diaryl/α,β-unsaturated/α-hetero) is 2. The normalized spacial score (nSPS) is 31.3. The molecule has 6 atom stereocenters. The van der Waals surface area contributed by atoms with Crippen molar-refractivity contribution in [2.75, 3.05) is 14.1 Å². The smallest absolute Gasteiger partial charge is 0.466 e. The minimum atomic E-state index is -4.64. The van der Waals surface area contributed by atoms with E-state index < -0.39 is 83.5 Å². The molecule has 3 unspecified atom stereocenters. The third-order valence-corrected chi connectivity index (χ3v) is 6.99. The number of nitrogens with zero attached hydrogens (tertiary/aromatic N) is 1. The number of primary amides is 1. The standard InChI is InChI=1S/C22H24N2O8.H3O4P/c1-7-8-5-4-6-9(25)11(8)16(26)12-10(7)17(27)14-15(24(2)3)18(28)13(21(23)31)20(30)22(14,32)19(12)29;1-5(2,3)4/h4-7,10,14-15,17,25-27,30,32H,1-3H3,(H2,23,31);(H3,1,2,3,4)/t7-,10?,14?,15-,17?,22-;/m1./s1. The highest BCUT2D eigenvalue weighted by Crippen LogP contribution is 2.55. The molecule has 0 heterocycles. The molecule has 0 aromatic heterocycles. The zero-order valence-corrected chi connectivity index (χ0v) is 20.7. The first-order valence-electron chi connectivity index (χ1n) is 10.8. The van der Waals surface area contributed by atoms with Crippen molar-refractivity contribution in [3.8, 4) is 5.75 Å². The fourth-order valence-electron chi connectivity index (χ4n) is 5.58. The lowest BCUT2D eigenvalue weighted by atomic mass is 9.54. The van der Waals surface area contributed by atoms with E-state index in [9.17, 15) is 39.9 Å². The molecule has 37 heavy (non-hydrogen) atoms. The molecule has 0 aliphatic heterocycles. The quantitative estimate of drug-likeness (QED) is 0.153. The number of aliphatic hydroxyl groups is 4. The molecule has 3 aliphatic carbocycles. The molecule has 0 saturated heterocycles. The van der Waals surface area contributed by atoms with Crippen LogP contribution in [0.2, 0.25) is 0 Å². The van der Waals surface area contributed by atoms with Crippen LogP contribution in [-0.2, 0) is 18.9 Å². The monoisotopic (exact) mass is 542 g/mol. The molecule has 15 heteroatoms. The summed E-state index contributed by atoms with van der Waals surface area (Å²) in [5.74, 6) is -8.87. The SMILES string of the molecule is C[C@@H]1c2cccc(O)c2C(O)=C2C(=O)[C@@]3(O)C(O)=C(C(N)=O)C(=O)[C@H](N(C)C)C3C(O)C21.O=P(O)(O)O. The summed E-state index contributed by atoms with van der Waals surface area (Å²) in [5.41, 5.74) is 1.47. The molecule has 3 aliphatic rings. The third kappa shape index (κ3) is 4.36. The summed E-state index contributed by atoms with van der Waals surface area (Å²) in [6, 6.07) is 3.13. The minimum Gasteiger partial charge on any atom is -0.508 e. The molecule has 1 aromatic rings. The van der Waals surface area contributed by atoms with Crippen LogP contribution in [0, 0.1) is 11.8 Å². The van der Waals surface area contributed by atoms with E-state index >= 15 is 0 Å². The van der Waals surface area contributed by atoms with E-state index in [1.54, 1.807) is 19.1 Å². The molecule has 202 valence electrons. The molecule has 4 rings (SSSR count). The number of ketones is 2. The van der Waals surface area contributed by atoms with Gasteiger partial charge in [-0.05, 0) is 31.6 Å². The van der Waals surface area contributed by atoms with Gasteiger partial charge in [0.25, 0.3) is 5.91 Å². The average molecular weight is 542 g/mol. The molecule has 10 N–H and O–H groups in total. The maximum absolute atomic E-state index is 13.7. The van der Waals surface area contributed by atoms with Crippen LogP contribution in [-0.4, -0.2) is 94.4 Å². The number of carbonyl (C=O) groups excluding carboxylic acids is 3. The molecule has 0 radical (unpaired) electrons. The second-order valence-electron chi connectivity index (χ2n) is 9.30. The second-order valence-corrected chi connectivity index (χ2v) is 10.3. The first-order valence-corrected chi connectivity index (χ1v) is 12.4. The van der Waals surface area contributed by atoms with Gasteiger partial charge < -0.3 is 45.9 Å². The summed E-state index contributed by atoms with van der Waals surface area (Å²) < 4.78 is 8.88. The number of phosphoric acid groups is 1. The third-order valence-electron chi connectivity index (χ3n) is 6.99. The number of phenolic OH excluding ortho intramolecular Hbond substituents is 1. The lowest BCUT2D eigenvalue weighted by molar-refractivity contribution is -0.169. The van der Waals surface area contributed by atoms with Gasteiger partial charge in [0, 0.05) is 11.5 Å². The Bertz CT molecular complexity index is 1290. The van der Waals surface area contributed by atoms with Crippen LogP contribution in [0.25, 0.3) is 5.76 Å². The van der Waals surface area contributed by atoms with Gasteiger partial charge in [-0.25, -0.2) is 4.57 Å². The summed E-state index contributed by atoms with van der Waals surface area (Å²) in [5, 5.41) is 54.9. The number of benzene rings is 1.